The van der Waals surface area contributed by atoms with E-state index in [1.54, 1.807) is 0 Å². The number of hydrogen-bond donors (Lipinski definition) is 1. The van der Waals surface area contributed by atoms with Gasteiger partial charge in [0.1, 0.15) is 0 Å². The fourth-order valence-corrected chi connectivity index (χ4v) is 4.28. The minimum atomic E-state index is -3.61. The fraction of sp³-hybridized carbons (Fsp3) is 0.917. The molecule has 0 bridgehead atoms. The second-order valence-electron chi connectivity index (χ2n) is 5.58. The van der Waals surface area contributed by atoms with Crippen molar-refractivity contribution in [2.45, 2.75) is 37.8 Å². The van der Waals surface area contributed by atoms with E-state index >= 15 is 0 Å². The van der Waals surface area contributed by atoms with Gasteiger partial charge in [-0.25, -0.2) is 0 Å². The van der Waals surface area contributed by atoms with Gasteiger partial charge < -0.3 is 9.64 Å². The first-order valence-electron chi connectivity index (χ1n) is 7.06. The molecular weight excluding hydrogens is 282 g/mol. The molecule has 2 rings (SSSR count). The predicted molar refractivity (Wildman–Crippen MR) is 74.1 cm³/mol. The quantitative estimate of drug-likeness (QED) is 0.567. The molecule has 0 atom stereocenters. The van der Waals surface area contributed by atoms with Crippen LogP contribution < -0.4 is 4.72 Å². The zero-order valence-corrected chi connectivity index (χ0v) is 12.7. The average molecular weight is 305 g/mol. The van der Waals surface area contributed by atoms with Gasteiger partial charge in [0, 0.05) is 39.0 Å². The van der Waals surface area contributed by atoms with Crippen LogP contribution >= 0.6 is 0 Å². The smallest absolute Gasteiger partial charge is 0.294 e. The van der Waals surface area contributed by atoms with E-state index in [2.05, 4.69) is 9.62 Å². The van der Waals surface area contributed by atoms with Crippen LogP contribution in [0, 0.1) is 0 Å². The van der Waals surface area contributed by atoms with Crippen molar-refractivity contribution in [3.05, 3.63) is 0 Å². The molecule has 20 heavy (non-hydrogen) atoms. The van der Waals surface area contributed by atoms with E-state index in [1.165, 1.54) is 4.31 Å². The monoisotopic (exact) mass is 305 g/mol. The first kappa shape index (κ1) is 15.7. The third kappa shape index (κ3) is 3.69. The molecule has 0 unspecified atom stereocenters. The Morgan fingerprint density at radius 2 is 1.70 bits per heavy atom. The van der Waals surface area contributed by atoms with Crippen molar-refractivity contribution in [1.29, 1.82) is 0 Å². The van der Waals surface area contributed by atoms with E-state index in [-0.39, 0.29) is 0 Å². The highest BCUT2D eigenvalue weighted by molar-refractivity contribution is 7.87. The van der Waals surface area contributed by atoms with Crippen molar-refractivity contribution < 1.29 is 17.9 Å². The van der Waals surface area contributed by atoms with E-state index in [1.807, 2.05) is 7.05 Å². The van der Waals surface area contributed by atoms with Crippen molar-refractivity contribution in [3.63, 3.8) is 0 Å². The number of carbonyl (C=O) groups is 1. The van der Waals surface area contributed by atoms with Crippen LogP contribution in [0.4, 0.5) is 0 Å². The van der Waals surface area contributed by atoms with Crippen LogP contribution in [0.25, 0.3) is 0 Å². The lowest BCUT2D eigenvalue weighted by molar-refractivity contribution is -0.148. The summed E-state index contributed by atoms with van der Waals surface area (Å²) in [5.41, 5.74) is -1.05. The van der Waals surface area contributed by atoms with Crippen LogP contribution in [0.15, 0.2) is 0 Å². The van der Waals surface area contributed by atoms with Crippen LogP contribution in [0.3, 0.4) is 0 Å². The molecule has 0 aromatic heterocycles. The lowest BCUT2D eigenvalue weighted by Gasteiger charge is -2.38. The molecule has 1 aliphatic carbocycles. The maximum atomic E-state index is 12.4. The van der Waals surface area contributed by atoms with Crippen LogP contribution in [0.5, 0.6) is 0 Å². The largest absolute Gasteiger partial charge is 0.445 e. The molecule has 7 nitrogen and oxygen atoms in total. The molecule has 0 spiro atoms. The molecule has 8 heteroatoms. The van der Waals surface area contributed by atoms with E-state index in [0.29, 0.717) is 45.5 Å². The van der Waals surface area contributed by atoms with Gasteiger partial charge in [-0.15, -0.1) is 0 Å². The van der Waals surface area contributed by atoms with Gasteiger partial charge in [-0.1, -0.05) is 6.42 Å². The summed E-state index contributed by atoms with van der Waals surface area (Å²) in [7, 11) is -1.65. The summed E-state index contributed by atoms with van der Waals surface area (Å²) in [4.78, 5) is 12.8. The highest BCUT2D eigenvalue weighted by Gasteiger charge is 2.40. The molecule has 0 aromatic rings. The summed E-state index contributed by atoms with van der Waals surface area (Å²) in [6.07, 6.45) is 3.84. The second-order valence-corrected chi connectivity index (χ2v) is 7.25. The van der Waals surface area contributed by atoms with E-state index in [0.717, 1.165) is 19.3 Å². The maximum Gasteiger partial charge on any atom is 0.294 e. The van der Waals surface area contributed by atoms with Gasteiger partial charge in [-0.2, -0.15) is 17.4 Å². The van der Waals surface area contributed by atoms with Gasteiger partial charge in [0.2, 0.25) is 0 Å². The Balaban J connectivity index is 2.06. The van der Waals surface area contributed by atoms with E-state index in [9.17, 15) is 13.2 Å². The highest BCUT2D eigenvalue weighted by atomic mass is 32.2. The Labute approximate surface area is 120 Å². The number of carbonyl (C=O) groups excluding carboxylic acids is 1. The van der Waals surface area contributed by atoms with E-state index in [4.69, 9.17) is 4.74 Å². The zero-order valence-electron chi connectivity index (χ0n) is 11.9. The number of nitrogens with zero attached hydrogens (tertiary/aromatic N) is 2. The van der Waals surface area contributed by atoms with Crippen molar-refractivity contribution >= 4 is 16.7 Å². The molecule has 1 saturated heterocycles. The Morgan fingerprint density at radius 1 is 1.10 bits per heavy atom. The molecule has 2 fully saturated rings. The standard InChI is InChI=1S/C12H23N3O4S/c1-14-7-9-15(10-8-14)20(17,18)13-12(19-11-16)5-3-2-4-6-12/h11,13H,2-10H2,1H3. The van der Waals surface area contributed by atoms with Crippen LogP contribution in [0.1, 0.15) is 32.1 Å². The summed E-state index contributed by atoms with van der Waals surface area (Å²) in [5, 5.41) is 0. The van der Waals surface area contributed by atoms with Gasteiger partial charge >= 0.3 is 0 Å². The number of ether oxygens (including phenoxy) is 1. The topological polar surface area (TPSA) is 79.0 Å². The zero-order chi connectivity index (χ0) is 14.6. The van der Waals surface area contributed by atoms with E-state index < -0.39 is 15.9 Å². The molecule has 116 valence electrons. The lowest BCUT2D eigenvalue weighted by Crippen LogP contribution is -2.58. The van der Waals surface area contributed by atoms with Crippen molar-refractivity contribution in [2.75, 3.05) is 33.2 Å². The SMILES string of the molecule is CN1CCN(S(=O)(=O)NC2(OC=O)CCCCC2)CC1. The Bertz CT molecular complexity index is 426. The predicted octanol–water partition coefficient (Wildman–Crippen LogP) is -0.0984. The number of rotatable bonds is 5. The molecule has 0 aromatic carbocycles. The van der Waals surface area contributed by atoms with Crippen LogP contribution in [-0.4, -0.2) is 63.0 Å². The fourth-order valence-electron chi connectivity index (χ4n) is 2.79. The third-order valence-corrected chi connectivity index (χ3v) is 5.73. The molecule has 1 aliphatic heterocycles. The average Bonchev–Trinajstić information content (AvgIpc) is 2.39. The number of piperazine rings is 1. The van der Waals surface area contributed by atoms with Crippen molar-refractivity contribution in [3.8, 4) is 0 Å². The number of likely N-dealkylation sites (N-methyl/N-ethyl adjacent to an activating group) is 1. The van der Waals surface area contributed by atoms with Gasteiger partial charge in [-0.05, 0) is 19.9 Å². The first-order valence-corrected chi connectivity index (χ1v) is 8.50. The molecule has 0 amide bonds. The molecule has 1 N–H and O–H groups in total. The molecule has 1 heterocycles. The van der Waals surface area contributed by atoms with Gasteiger partial charge in [-0.3, -0.25) is 4.79 Å². The molecule has 0 radical (unpaired) electrons. The normalized spacial score (nSPS) is 25.2. The third-order valence-electron chi connectivity index (χ3n) is 4.05. The van der Waals surface area contributed by atoms with Gasteiger partial charge in [0.05, 0.1) is 0 Å². The Hall–Kier alpha value is -0.700. The summed E-state index contributed by atoms with van der Waals surface area (Å²) < 4.78 is 34.0. The van der Waals surface area contributed by atoms with Crippen LogP contribution in [0.2, 0.25) is 0 Å². The molecular formula is C12H23N3O4S. The first-order chi connectivity index (χ1) is 9.47. The summed E-state index contributed by atoms with van der Waals surface area (Å²) in [5.74, 6) is 0. The summed E-state index contributed by atoms with van der Waals surface area (Å²) in [6.45, 7) is 2.69. The molecule has 2 aliphatic rings. The summed E-state index contributed by atoms with van der Waals surface area (Å²) in [6, 6.07) is 0. The minimum absolute atomic E-state index is 0.345. The lowest BCUT2D eigenvalue weighted by atomic mass is 9.92. The highest BCUT2D eigenvalue weighted by Crippen LogP contribution is 2.30. The van der Waals surface area contributed by atoms with Crippen molar-refractivity contribution in [1.82, 2.24) is 13.9 Å². The summed E-state index contributed by atoms with van der Waals surface area (Å²) >= 11 is 0. The van der Waals surface area contributed by atoms with Gasteiger partial charge in [0.15, 0.2) is 5.72 Å². The van der Waals surface area contributed by atoms with Crippen molar-refractivity contribution in [2.24, 2.45) is 0 Å². The number of nitrogens with one attached hydrogen (secondary N) is 1. The van der Waals surface area contributed by atoms with Crippen LogP contribution in [-0.2, 0) is 19.7 Å². The maximum absolute atomic E-state index is 12.4. The number of hydrogen-bond acceptors (Lipinski definition) is 5. The molecule has 1 saturated carbocycles. The van der Waals surface area contributed by atoms with Gasteiger partial charge in [0.25, 0.3) is 16.7 Å². The Kier molecular flexibility index (Phi) is 5.00. The minimum Gasteiger partial charge on any atom is -0.445 e. The second kappa shape index (κ2) is 6.38. The Morgan fingerprint density at radius 3 is 2.25 bits per heavy atom.